The fourth-order valence-corrected chi connectivity index (χ4v) is 3.02. The highest BCUT2D eigenvalue weighted by molar-refractivity contribution is 5.65. The van der Waals surface area contributed by atoms with Crippen molar-refractivity contribution in [2.24, 2.45) is 0 Å². The van der Waals surface area contributed by atoms with Gasteiger partial charge >= 0.3 is 5.97 Å². The predicted octanol–water partition coefficient (Wildman–Crippen LogP) is 3.77. The Hall–Kier alpha value is -3.16. The van der Waals surface area contributed by atoms with Crippen LogP contribution in [0.4, 0.5) is 0 Å². The van der Waals surface area contributed by atoms with Gasteiger partial charge in [0.15, 0.2) is 0 Å². The molecule has 2 aromatic heterocycles. The summed E-state index contributed by atoms with van der Waals surface area (Å²) in [6.45, 7) is 8.06. The highest BCUT2D eigenvalue weighted by Crippen LogP contribution is 2.29. The minimum absolute atomic E-state index is 0.218. The van der Waals surface area contributed by atoms with E-state index < -0.39 is 0 Å². The maximum atomic E-state index is 10.8. The lowest BCUT2D eigenvalue weighted by Gasteiger charge is -2.13. The first-order valence-electron chi connectivity index (χ1n) is 9.55. The van der Waals surface area contributed by atoms with E-state index in [1.807, 2.05) is 39.0 Å². The van der Waals surface area contributed by atoms with Gasteiger partial charge in [-0.05, 0) is 50.5 Å². The van der Waals surface area contributed by atoms with Crippen molar-refractivity contribution in [3.63, 3.8) is 0 Å². The van der Waals surface area contributed by atoms with Gasteiger partial charge in [-0.15, -0.1) is 0 Å². The van der Waals surface area contributed by atoms with Crippen LogP contribution in [-0.2, 0) is 22.4 Å². The molecule has 0 spiro atoms. The second-order valence-corrected chi connectivity index (χ2v) is 6.93. The molecule has 0 aliphatic carbocycles. The molecule has 0 amide bonds. The van der Waals surface area contributed by atoms with Crippen LogP contribution in [0.3, 0.4) is 0 Å². The van der Waals surface area contributed by atoms with E-state index in [2.05, 4.69) is 15.3 Å². The number of carbonyl (C=O) groups is 1. The number of hydrogen-bond donors (Lipinski definition) is 0. The minimum Gasteiger partial charge on any atom is -0.493 e. The Balaban J connectivity index is 1.58. The van der Waals surface area contributed by atoms with Gasteiger partial charge < -0.3 is 18.5 Å². The first-order valence-corrected chi connectivity index (χ1v) is 9.55. The lowest BCUT2D eigenvalue weighted by Crippen LogP contribution is -2.03. The molecule has 3 rings (SSSR count). The second kappa shape index (κ2) is 9.36. The Morgan fingerprint density at radius 2 is 1.76 bits per heavy atom. The summed E-state index contributed by atoms with van der Waals surface area (Å²) in [5.74, 6) is 2.33. The van der Waals surface area contributed by atoms with Crippen LogP contribution in [-0.4, -0.2) is 34.5 Å². The summed E-state index contributed by atoms with van der Waals surface area (Å²) in [4.78, 5) is 15.2. The van der Waals surface area contributed by atoms with E-state index in [-0.39, 0.29) is 12.6 Å². The smallest absolute Gasteiger partial charge is 0.302 e. The van der Waals surface area contributed by atoms with E-state index in [4.69, 9.17) is 18.5 Å². The lowest BCUT2D eigenvalue weighted by molar-refractivity contribution is -0.140. The minimum atomic E-state index is -0.331. The Labute approximate surface area is 169 Å². The summed E-state index contributed by atoms with van der Waals surface area (Å²) in [5.41, 5.74) is 3.75. The van der Waals surface area contributed by atoms with Crippen molar-refractivity contribution in [1.29, 1.82) is 0 Å². The van der Waals surface area contributed by atoms with Crippen molar-refractivity contribution in [1.82, 2.24) is 15.3 Å². The number of aromatic nitrogens is 3. The third kappa shape index (κ3) is 5.66. The number of nitrogens with zero attached hydrogens (tertiary/aromatic N) is 3. The number of hydrogen-bond acceptors (Lipinski definition) is 8. The molecular weight excluding hydrogens is 374 g/mol. The fraction of sp³-hybridized carbons (Fsp3) is 0.429. The maximum absolute atomic E-state index is 10.8. The molecule has 0 fully saturated rings. The van der Waals surface area contributed by atoms with E-state index in [9.17, 15) is 4.79 Å². The molecule has 8 nitrogen and oxygen atoms in total. The Kier molecular flexibility index (Phi) is 6.64. The quantitative estimate of drug-likeness (QED) is 0.396. The van der Waals surface area contributed by atoms with E-state index in [1.54, 1.807) is 0 Å². The molecule has 29 heavy (non-hydrogen) atoms. The van der Waals surface area contributed by atoms with Crippen LogP contribution in [0.2, 0.25) is 0 Å². The Bertz CT molecular complexity index is 953. The van der Waals surface area contributed by atoms with E-state index in [1.165, 1.54) is 6.92 Å². The summed E-state index contributed by atoms with van der Waals surface area (Å²) in [6.07, 6.45) is 2.01. The van der Waals surface area contributed by atoms with Crippen LogP contribution in [0.1, 0.15) is 41.8 Å². The first-order chi connectivity index (χ1) is 13.9. The van der Waals surface area contributed by atoms with Crippen LogP contribution in [0.25, 0.3) is 11.4 Å². The van der Waals surface area contributed by atoms with Crippen molar-refractivity contribution in [3.8, 4) is 17.1 Å². The fourth-order valence-electron chi connectivity index (χ4n) is 3.02. The Morgan fingerprint density at radius 3 is 2.41 bits per heavy atom. The third-order valence-corrected chi connectivity index (χ3v) is 4.30. The van der Waals surface area contributed by atoms with Gasteiger partial charge in [-0.1, -0.05) is 10.3 Å². The topological polar surface area (TPSA) is 100 Å². The van der Waals surface area contributed by atoms with Crippen LogP contribution in [0.15, 0.2) is 27.2 Å². The summed E-state index contributed by atoms with van der Waals surface area (Å²) < 4.78 is 21.3. The summed E-state index contributed by atoms with van der Waals surface area (Å²) in [6, 6.07) is 5.89. The van der Waals surface area contributed by atoms with E-state index in [0.717, 1.165) is 46.7 Å². The number of esters is 1. The molecule has 1 aromatic carbocycles. The normalized spacial score (nSPS) is 10.9. The molecular formula is C21H25N3O5. The van der Waals surface area contributed by atoms with Gasteiger partial charge in [0.1, 0.15) is 18.1 Å². The highest BCUT2D eigenvalue weighted by atomic mass is 16.5. The molecule has 8 heteroatoms. The van der Waals surface area contributed by atoms with Crippen molar-refractivity contribution < 1.29 is 23.3 Å². The van der Waals surface area contributed by atoms with Gasteiger partial charge in [0.2, 0.25) is 11.7 Å². The van der Waals surface area contributed by atoms with Crippen molar-refractivity contribution in [2.45, 2.75) is 47.0 Å². The number of benzene rings is 1. The monoisotopic (exact) mass is 399 g/mol. The molecule has 2 heterocycles. The van der Waals surface area contributed by atoms with Gasteiger partial charge in [0, 0.05) is 25.0 Å². The van der Waals surface area contributed by atoms with Crippen molar-refractivity contribution in [2.75, 3.05) is 13.2 Å². The van der Waals surface area contributed by atoms with E-state index in [0.29, 0.717) is 24.7 Å². The van der Waals surface area contributed by atoms with Gasteiger partial charge in [0.05, 0.1) is 18.7 Å². The number of carbonyl (C=O) groups excluding carboxylic acids is 1. The van der Waals surface area contributed by atoms with Crippen LogP contribution in [0.5, 0.6) is 5.75 Å². The molecule has 0 bridgehead atoms. The first kappa shape index (κ1) is 20.6. The Morgan fingerprint density at radius 1 is 1.00 bits per heavy atom. The maximum Gasteiger partial charge on any atom is 0.302 e. The summed E-state index contributed by atoms with van der Waals surface area (Å²) in [7, 11) is 0. The van der Waals surface area contributed by atoms with Crippen LogP contribution in [0, 0.1) is 20.8 Å². The molecule has 154 valence electrons. The van der Waals surface area contributed by atoms with Gasteiger partial charge in [-0.3, -0.25) is 4.79 Å². The standard InChI is InChI=1S/C21H25N3O5/c1-13-10-17(21-22-19(29-24-21)7-9-26-16(4)25)11-14(2)20(13)27-8-5-6-18-12-15(3)23-28-18/h10-12H,5-9H2,1-4H3. The molecule has 0 aliphatic rings. The molecule has 3 aromatic rings. The molecule has 0 atom stereocenters. The zero-order valence-electron chi connectivity index (χ0n) is 17.2. The number of aryl methyl sites for hydroxylation is 4. The summed E-state index contributed by atoms with van der Waals surface area (Å²) in [5, 5.41) is 7.91. The average Bonchev–Trinajstić information content (AvgIpc) is 3.29. The van der Waals surface area contributed by atoms with Crippen LogP contribution < -0.4 is 4.74 Å². The van der Waals surface area contributed by atoms with E-state index >= 15 is 0 Å². The van der Waals surface area contributed by atoms with Gasteiger partial charge in [-0.2, -0.15) is 4.98 Å². The molecule has 0 aliphatic heterocycles. The predicted molar refractivity (Wildman–Crippen MR) is 105 cm³/mol. The number of rotatable bonds is 9. The molecule has 0 radical (unpaired) electrons. The summed E-state index contributed by atoms with van der Waals surface area (Å²) >= 11 is 0. The SMILES string of the molecule is CC(=O)OCCc1nc(-c2cc(C)c(OCCCc3cc(C)no3)c(C)c2)no1. The van der Waals surface area contributed by atoms with Crippen molar-refractivity contribution in [3.05, 3.63) is 46.7 Å². The largest absolute Gasteiger partial charge is 0.493 e. The van der Waals surface area contributed by atoms with Gasteiger partial charge in [-0.25, -0.2) is 0 Å². The zero-order chi connectivity index (χ0) is 20.8. The zero-order valence-corrected chi connectivity index (χ0v) is 17.2. The second-order valence-electron chi connectivity index (χ2n) is 6.93. The highest BCUT2D eigenvalue weighted by Gasteiger charge is 2.13. The molecule has 0 unspecified atom stereocenters. The van der Waals surface area contributed by atoms with Crippen LogP contribution >= 0.6 is 0 Å². The van der Waals surface area contributed by atoms with Gasteiger partial charge in [0.25, 0.3) is 0 Å². The molecule has 0 saturated carbocycles. The molecule has 0 saturated heterocycles. The lowest BCUT2D eigenvalue weighted by atomic mass is 10.1. The molecule has 0 N–H and O–H groups in total. The third-order valence-electron chi connectivity index (χ3n) is 4.30. The number of ether oxygens (including phenoxy) is 2. The average molecular weight is 399 g/mol. The van der Waals surface area contributed by atoms with Crippen molar-refractivity contribution >= 4 is 5.97 Å².